The normalized spacial score (nSPS) is 11.3. The Labute approximate surface area is 161 Å². The fourth-order valence-corrected chi connectivity index (χ4v) is 3.67. The number of nitro benzene ring substituents is 1. The second kappa shape index (κ2) is 7.05. The van der Waals surface area contributed by atoms with Crippen molar-refractivity contribution in [3.63, 3.8) is 0 Å². The minimum absolute atomic E-state index is 0.120. The van der Waals surface area contributed by atoms with Crippen LogP contribution in [0.15, 0.2) is 70.1 Å². The summed E-state index contributed by atoms with van der Waals surface area (Å²) in [5, 5.41) is 27.3. The number of aromatic hydroxyl groups is 1. The fourth-order valence-electron chi connectivity index (χ4n) is 2.76. The Hall–Kier alpha value is -3.85. The van der Waals surface area contributed by atoms with Gasteiger partial charge in [0.2, 0.25) is 5.75 Å². The molecule has 0 amide bonds. The summed E-state index contributed by atoms with van der Waals surface area (Å²) < 4.78 is 1.04. The van der Waals surface area contributed by atoms with Gasteiger partial charge in [0.1, 0.15) is 11.2 Å². The van der Waals surface area contributed by atoms with Crippen LogP contribution in [-0.2, 0) is 0 Å². The molecule has 2 aromatic carbocycles. The van der Waals surface area contributed by atoms with Crippen LogP contribution in [0.5, 0.6) is 5.75 Å². The summed E-state index contributed by atoms with van der Waals surface area (Å²) in [5.74, 6) is -0.515. The van der Waals surface area contributed by atoms with Crippen LogP contribution in [0.25, 0.3) is 21.3 Å². The van der Waals surface area contributed by atoms with Crippen LogP contribution in [-0.4, -0.2) is 25.9 Å². The van der Waals surface area contributed by atoms with Crippen molar-refractivity contribution in [2.75, 3.05) is 0 Å². The molecule has 0 aliphatic heterocycles. The van der Waals surface area contributed by atoms with Crippen molar-refractivity contribution in [2.24, 2.45) is 5.10 Å². The zero-order valence-corrected chi connectivity index (χ0v) is 15.0. The highest BCUT2D eigenvalue weighted by Gasteiger charge is 2.16. The third kappa shape index (κ3) is 3.03. The molecule has 9 heteroatoms. The molecule has 1 N–H and O–H groups in total. The average Bonchev–Trinajstić information content (AvgIpc) is 3.14. The molecule has 0 bridgehead atoms. The molecule has 4 rings (SSSR count). The van der Waals surface area contributed by atoms with Crippen molar-refractivity contribution in [1.82, 2.24) is 9.66 Å². The van der Waals surface area contributed by atoms with E-state index in [1.54, 1.807) is 0 Å². The van der Waals surface area contributed by atoms with Crippen LogP contribution in [0.1, 0.15) is 5.56 Å². The van der Waals surface area contributed by atoms with E-state index in [1.165, 1.54) is 42.1 Å². The molecule has 0 spiro atoms. The predicted molar refractivity (Wildman–Crippen MR) is 107 cm³/mol. The number of benzene rings is 2. The first-order valence-electron chi connectivity index (χ1n) is 8.11. The van der Waals surface area contributed by atoms with Gasteiger partial charge in [0.25, 0.3) is 5.56 Å². The first-order chi connectivity index (χ1) is 13.6. The average molecular weight is 392 g/mol. The summed E-state index contributed by atoms with van der Waals surface area (Å²) in [6.45, 7) is 0. The van der Waals surface area contributed by atoms with Gasteiger partial charge in [-0.2, -0.15) is 9.78 Å². The van der Waals surface area contributed by atoms with Crippen molar-refractivity contribution in [3.05, 3.63) is 86.3 Å². The van der Waals surface area contributed by atoms with Crippen LogP contribution in [0.2, 0.25) is 0 Å². The standard InChI is InChI=1S/C19H12N4O4S/c24-17-13(7-4-8-15(17)23(26)27)9-21-22-11-20-18-16(19(22)25)14(10-28-18)12-5-2-1-3-6-12/h1-11,24H/b21-9+. The van der Waals surface area contributed by atoms with Crippen LogP contribution in [0.3, 0.4) is 0 Å². The molecule has 0 aliphatic rings. The number of para-hydroxylation sites is 1. The summed E-state index contributed by atoms with van der Waals surface area (Å²) in [6.07, 6.45) is 2.46. The summed E-state index contributed by atoms with van der Waals surface area (Å²) in [6, 6.07) is 13.5. The lowest BCUT2D eigenvalue weighted by molar-refractivity contribution is -0.385. The number of rotatable bonds is 4. The van der Waals surface area contributed by atoms with E-state index >= 15 is 0 Å². The zero-order chi connectivity index (χ0) is 19.7. The molecule has 0 saturated carbocycles. The number of nitro groups is 1. The Kier molecular flexibility index (Phi) is 4.42. The number of nitrogens with zero attached hydrogens (tertiary/aromatic N) is 4. The number of aromatic nitrogens is 2. The van der Waals surface area contributed by atoms with Gasteiger partial charge in [-0.15, -0.1) is 11.3 Å². The second-order valence-corrected chi connectivity index (χ2v) is 6.66. The summed E-state index contributed by atoms with van der Waals surface area (Å²) in [5.41, 5.74) is 0.974. The Morgan fingerprint density at radius 1 is 1.18 bits per heavy atom. The van der Waals surface area contributed by atoms with Gasteiger partial charge in [-0.05, 0) is 11.6 Å². The largest absolute Gasteiger partial charge is 0.502 e. The Balaban J connectivity index is 1.80. The molecule has 0 radical (unpaired) electrons. The van der Waals surface area contributed by atoms with E-state index in [2.05, 4.69) is 10.1 Å². The minimum atomic E-state index is -0.691. The maximum absolute atomic E-state index is 12.9. The Morgan fingerprint density at radius 3 is 2.71 bits per heavy atom. The quantitative estimate of drug-likeness (QED) is 0.324. The number of phenols is 1. The summed E-state index contributed by atoms with van der Waals surface area (Å²) in [4.78, 5) is 28.0. The lowest BCUT2D eigenvalue weighted by Crippen LogP contribution is -2.16. The summed E-state index contributed by atoms with van der Waals surface area (Å²) in [7, 11) is 0. The number of fused-ring (bicyclic) bond motifs is 1. The molecule has 0 aliphatic carbocycles. The Bertz CT molecular complexity index is 1280. The van der Waals surface area contributed by atoms with Gasteiger partial charge in [-0.25, -0.2) is 4.98 Å². The van der Waals surface area contributed by atoms with Gasteiger partial charge in [0.15, 0.2) is 0 Å². The van der Waals surface area contributed by atoms with E-state index in [9.17, 15) is 20.0 Å². The fraction of sp³-hybridized carbons (Fsp3) is 0. The number of hydrogen-bond acceptors (Lipinski definition) is 7. The molecule has 0 saturated heterocycles. The number of thiophene rings is 1. The smallest absolute Gasteiger partial charge is 0.311 e. The van der Waals surface area contributed by atoms with Crippen molar-refractivity contribution in [3.8, 4) is 16.9 Å². The first kappa shape index (κ1) is 17.6. The maximum atomic E-state index is 12.9. The third-order valence-corrected chi connectivity index (χ3v) is 5.01. The molecule has 4 aromatic rings. The van der Waals surface area contributed by atoms with E-state index in [1.807, 2.05) is 35.7 Å². The van der Waals surface area contributed by atoms with E-state index in [-0.39, 0.29) is 11.1 Å². The predicted octanol–water partition coefficient (Wildman–Crippen LogP) is 3.62. The molecule has 0 fully saturated rings. The van der Waals surface area contributed by atoms with Gasteiger partial charge < -0.3 is 5.11 Å². The zero-order valence-electron chi connectivity index (χ0n) is 14.2. The molecule has 0 atom stereocenters. The van der Waals surface area contributed by atoms with Gasteiger partial charge >= 0.3 is 5.69 Å². The van der Waals surface area contributed by atoms with Crippen LogP contribution in [0.4, 0.5) is 5.69 Å². The monoisotopic (exact) mass is 392 g/mol. The summed E-state index contributed by atoms with van der Waals surface area (Å²) >= 11 is 1.36. The number of phenolic OH excluding ortho intramolecular Hbond substituents is 1. The molecular weight excluding hydrogens is 380 g/mol. The highest BCUT2D eigenvalue weighted by Crippen LogP contribution is 2.30. The van der Waals surface area contributed by atoms with Gasteiger partial charge in [-0.1, -0.05) is 36.4 Å². The van der Waals surface area contributed by atoms with E-state index < -0.39 is 16.4 Å². The van der Waals surface area contributed by atoms with E-state index in [0.29, 0.717) is 10.2 Å². The molecule has 2 heterocycles. The van der Waals surface area contributed by atoms with Gasteiger partial charge in [0, 0.05) is 22.6 Å². The van der Waals surface area contributed by atoms with Gasteiger partial charge in [0.05, 0.1) is 16.5 Å². The van der Waals surface area contributed by atoms with Crippen molar-refractivity contribution < 1.29 is 10.0 Å². The maximum Gasteiger partial charge on any atom is 0.311 e. The first-order valence-corrected chi connectivity index (χ1v) is 8.99. The molecular formula is C19H12N4O4S. The van der Waals surface area contributed by atoms with E-state index in [4.69, 9.17) is 0 Å². The molecule has 0 unspecified atom stereocenters. The third-order valence-electron chi connectivity index (χ3n) is 4.13. The van der Waals surface area contributed by atoms with Crippen LogP contribution >= 0.6 is 11.3 Å². The molecule has 138 valence electrons. The molecule has 8 nitrogen and oxygen atoms in total. The highest BCUT2D eigenvalue weighted by atomic mass is 32.1. The SMILES string of the molecule is O=c1c2c(-c3ccccc3)csc2ncn1/N=C/c1cccc([N+](=O)[O-])c1O. The highest BCUT2D eigenvalue weighted by molar-refractivity contribution is 7.17. The minimum Gasteiger partial charge on any atom is -0.502 e. The van der Waals surface area contributed by atoms with Crippen LogP contribution in [0, 0.1) is 10.1 Å². The second-order valence-electron chi connectivity index (χ2n) is 5.81. The van der Waals surface area contributed by atoms with Crippen molar-refractivity contribution in [1.29, 1.82) is 0 Å². The topological polar surface area (TPSA) is 111 Å². The van der Waals surface area contributed by atoms with Crippen molar-refractivity contribution in [2.45, 2.75) is 0 Å². The molecule has 28 heavy (non-hydrogen) atoms. The van der Waals surface area contributed by atoms with Crippen molar-refractivity contribution >= 4 is 33.5 Å². The molecule has 2 aromatic heterocycles. The Morgan fingerprint density at radius 2 is 1.96 bits per heavy atom. The van der Waals surface area contributed by atoms with E-state index in [0.717, 1.165) is 15.8 Å². The lowest BCUT2D eigenvalue weighted by atomic mass is 10.1. The number of hydrogen-bond donors (Lipinski definition) is 1. The van der Waals surface area contributed by atoms with Crippen LogP contribution < -0.4 is 5.56 Å². The van der Waals surface area contributed by atoms with Gasteiger partial charge in [-0.3, -0.25) is 14.9 Å². The lowest BCUT2D eigenvalue weighted by Gasteiger charge is -2.02.